The number of carbonyl (C=O) groups excluding carboxylic acids is 1. The lowest BCUT2D eigenvalue weighted by molar-refractivity contribution is 0.0165. The van der Waals surface area contributed by atoms with Crippen molar-refractivity contribution >= 4 is 6.09 Å². The molecule has 1 unspecified atom stereocenters. The van der Waals surface area contributed by atoms with Crippen molar-refractivity contribution in [1.29, 1.82) is 0 Å². The molecule has 1 atom stereocenters. The Morgan fingerprint density at radius 1 is 1.56 bits per heavy atom. The van der Waals surface area contributed by atoms with Crippen LogP contribution in [0.5, 0.6) is 0 Å². The zero-order chi connectivity index (χ0) is 14.2. The van der Waals surface area contributed by atoms with Crippen LogP contribution >= 0.6 is 0 Å². The SMILES string of the molecule is C#CCNCCN(CC(C)O)C(=O)OC(C)(C)C. The molecule has 104 valence electrons. The molecular weight excluding hydrogens is 232 g/mol. The van der Waals surface area contributed by atoms with E-state index in [0.717, 1.165) is 0 Å². The third-order valence-corrected chi connectivity index (χ3v) is 1.92. The van der Waals surface area contributed by atoms with Crippen LogP contribution in [0, 0.1) is 12.3 Å². The molecule has 5 heteroatoms. The minimum absolute atomic E-state index is 0.243. The number of terminal acetylenes is 1. The molecule has 0 aliphatic rings. The molecule has 0 spiro atoms. The number of rotatable bonds is 6. The Morgan fingerprint density at radius 2 is 2.17 bits per heavy atom. The summed E-state index contributed by atoms with van der Waals surface area (Å²) in [4.78, 5) is 13.4. The summed E-state index contributed by atoms with van der Waals surface area (Å²) in [7, 11) is 0. The van der Waals surface area contributed by atoms with Crippen LogP contribution in [0.3, 0.4) is 0 Å². The van der Waals surface area contributed by atoms with Crippen LogP contribution < -0.4 is 5.32 Å². The van der Waals surface area contributed by atoms with Crippen LogP contribution in [0.2, 0.25) is 0 Å². The van der Waals surface area contributed by atoms with Gasteiger partial charge in [-0.05, 0) is 27.7 Å². The number of hydrogen-bond acceptors (Lipinski definition) is 4. The monoisotopic (exact) mass is 256 g/mol. The zero-order valence-corrected chi connectivity index (χ0v) is 11.7. The highest BCUT2D eigenvalue weighted by Crippen LogP contribution is 2.10. The van der Waals surface area contributed by atoms with Gasteiger partial charge >= 0.3 is 6.09 Å². The van der Waals surface area contributed by atoms with Gasteiger partial charge in [0.05, 0.1) is 12.6 Å². The minimum Gasteiger partial charge on any atom is -0.444 e. The summed E-state index contributed by atoms with van der Waals surface area (Å²) in [5, 5.41) is 12.4. The van der Waals surface area contributed by atoms with E-state index in [1.165, 1.54) is 4.90 Å². The number of nitrogens with one attached hydrogen (secondary N) is 1. The molecule has 1 amide bonds. The normalized spacial score (nSPS) is 12.7. The fraction of sp³-hybridized carbons (Fsp3) is 0.769. The van der Waals surface area contributed by atoms with Crippen LogP contribution in [-0.4, -0.2) is 54.0 Å². The molecule has 2 N–H and O–H groups in total. The Morgan fingerprint density at radius 3 is 2.61 bits per heavy atom. The van der Waals surface area contributed by atoms with E-state index in [4.69, 9.17) is 11.2 Å². The maximum Gasteiger partial charge on any atom is 0.410 e. The van der Waals surface area contributed by atoms with Crippen LogP contribution in [0.25, 0.3) is 0 Å². The molecule has 0 saturated heterocycles. The zero-order valence-electron chi connectivity index (χ0n) is 11.7. The molecule has 0 aromatic heterocycles. The van der Waals surface area contributed by atoms with E-state index in [1.807, 2.05) is 20.8 Å². The van der Waals surface area contributed by atoms with Crippen LogP contribution in [0.1, 0.15) is 27.7 Å². The van der Waals surface area contributed by atoms with Crippen molar-refractivity contribution in [2.45, 2.75) is 39.4 Å². The number of nitrogens with zero attached hydrogens (tertiary/aromatic N) is 1. The van der Waals surface area contributed by atoms with Crippen molar-refractivity contribution in [2.75, 3.05) is 26.2 Å². The molecule has 0 saturated carbocycles. The predicted molar refractivity (Wildman–Crippen MR) is 71.2 cm³/mol. The van der Waals surface area contributed by atoms with Gasteiger partial charge in [-0.3, -0.25) is 0 Å². The van der Waals surface area contributed by atoms with Crippen molar-refractivity contribution in [2.24, 2.45) is 0 Å². The van der Waals surface area contributed by atoms with Gasteiger partial charge in [0.2, 0.25) is 0 Å². The van der Waals surface area contributed by atoms with Crippen LogP contribution in [0.15, 0.2) is 0 Å². The quantitative estimate of drug-likeness (QED) is 0.546. The molecular formula is C13H24N2O3. The summed E-state index contributed by atoms with van der Waals surface area (Å²) < 4.78 is 5.27. The lowest BCUT2D eigenvalue weighted by Gasteiger charge is -2.28. The molecule has 0 aromatic rings. The molecule has 0 aromatic carbocycles. The lowest BCUT2D eigenvalue weighted by Crippen LogP contribution is -2.43. The number of ether oxygens (including phenoxy) is 1. The second kappa shape index (κ2) is 7.96. The molecule has 0 heterocycles. The number of hydrogen-bond donors (Lipinski definition) is 2. The number of aliphatic hydroxyl groups is 1. The Hall–Kier alpha value is -1.25. The van der Waals surface area contributed by atoms with Gasteiger partial charge in [0.1, 0.15) is 5.60 Å². The number of aliphatic hydroxyl groups excluding tert-OH is 1. The first kappa shape index (κ1) is 16.8. The predicted octanol–water partition coefficient (Wildman–Crippen LogP) is 0.827. The fourth-order valence-electron chi connectivity index (χ4n) is 1.28. The first-order valence-corrected chi connectivity index (χ1v) is 6.06. The summed E-state index contributed by atoms with van der Waals surface area (Å²) in [5.41, 5.74) is -0.541. The average molecular weight is 256 g/mol. The van der Waals surface area contributed by atoms with Gasteiger partial charge in [-0.2, -0.15) is 0 Å². The first-order chi connectivity index (χ1) is 8.26. The van der Waals surface area contributed by atoms with Crippen molar-refractivity contribution in [3.8, 4) is 12.3 Å². The number of carbonyl (C=O) groups is 1. The van der Waals surface area contributed by atoms with Gasteiger partial charge in [-0.15, -0.1) is 6.42 Å². The van der Waals surface area contributed by atoms with Gasteiger partial charge in [0, 0.05) is 19.6 Å². The standard InChI is InChI=1S/C13H24N2O3/c1-6-7-14-8-9-15(10-11(2)16)12(17)18-13(3,4)5/h1,11,14,16H,7-10H2,2-5H3. The minimum atomic E-state index is -0.592. The van der Waals surface area contributed by atoms with Gasteiger partial charge in [0.25, 0.3) is 0 Å². The summed E-state index contributed by atoms with van der Waals surface area (Å²) >= 11 is 0. The van der Waals surface area contributed by atoms with E-state index in [1.54, 1.807) is 6.92 Å². The van der Waals surface area contributed by atoms with Crippen LogP contribution in [0.4, 0.5) is 4.79 Å². The van der Waals surface area contributed by atoms with E-state index in [-0.39, 0.29) is 6.54 Å². The molecule has 5 nitrogen and oxygen atoms in total. The highest BCUT2D eigenvalue weighted by atomic mass is 16.6. The van der Waals surface area contributed by atoms with E-state index >= 15 is 0 Å². The van der Waals surface area contributed by atoms with Gasteiger partial charge in [-0.25, -0.2) is 4.79 Å². The summed E-state index contributed by atoms with van der Waals surface area (Å²) in [6.45, 7) is 8.76. The Balaban J connectivity index is 4.30. The third-order valence-electron chi connectivity index (χ3n) is 1.92. The second-order valence-corrected chi connectivity index (χ2v) is 5.16. The molecule has 0 radical (unpaired) electrons. The Kier molecular flexibility index (Phi) is 7.41. The maximum atomic E-state index is 11.9. The van der Waals surface area contributed by atoms with Crippen LogP contribution in [-0.2, 0) is 4.74 Å². The van der Waals surface area contributed by atoms with Crippen molar-refractivity contribution in [1.82, 2.24) is 10.2 Å². The summed E-state index contributed by atoms with van der Waals surface area (Å²) in [5.74, 6) is 2.45. The molecule has 0 bridgehead atoms. The third kappa shape index (κ3) is 8.85. The molecule has 0 fully saturated rings. The van der Waals surface area contributed by atoms with Crippen molar-refractivity contribution in [3.63, 3.8) is 0 Å². The van der Waals surface area contributed by atoms with E-state index in [2.05, 4.69) is 11.2 Å². The molecule has 18 heavy (non-hydrogen) atoms. The van der Waals surface area contributed by atoms with Gasteiger partial charge < -0.3 is 20.1 Å². The smallest absolute Gasteiger partial charge is 0.410 e. The van der Waals surface area contributed by atoms with E-state index in [0.29, 0.717) is 19.6 Å². The average Bonchev–Trinajstić information content (AvgIpc) is 2.19. The largest absolute Gasteiger partial charge is 0.444 e. The highest BCUT2D eigenvalue weighted by Gasteiger charge is 2.22. The maximum absolute atomic E-state index is 11.9. The Labute approximate surface area is 109 Å². The van der Waals surface area contributed by atoms with Crippen molar-refractivity contribution < 1.29 is 14.6 Å². The van der Waals surface area contributed by atoms with Crippen molar-refractivity contribution in [3.05, 3.63) is 0 Å². The first-order valence-electron chi connectivity index (χ1n) is 6.06. The van der Waals surface area contributed by atoms with E-state index < -0.39 is 17.8 Å². The summed E-state index contributed by atoms with van der Waals surface area (Å²) in [6.07, 6.45) is 4.09. The van der Waals surface area contributed by atoms with Gasteiger partial charge in [-0.1, -0.05) is 5.92 Å². The Bertz CT molecular complexity index is 290. The fourth-order valence-corrected chi connectivity index (χ4v) is 1.28. The number of amides is 1. The van der Waals surface area contributed by atoms with Gasteiger partial charge in [0.15, 0.2) is 0 Å². The lowest BCUT2D eigenvalue weighted by atomic mass is 10.2. The molecule has 0 aliphatic heterocycles. The molecule has 0 aliphatic carbocycles. The second-order valence-electron chi connectivity index (χ2n) is 5.16. The topological polar surface area (TPSA) is 61.8 Å². The summed E-state index contributed by atoms with van der Waals surface area (Å²) in [6, 6.07) is 0. The van der Waals surface area contributed by atoms with E-state index in [9.17, 15) is 9.90 Å². The molecule has 0 rings (SSSR count). The highest BCUT2D eigenvalue weighted by molar-refractivity contribution is 5.68.